The zero-order chi connectivity index (χ0) is 13.4. The van der Waals surface area contributed by atoms with Crippen LogP contribution in [-0.2, 0) is 4.74 Å². The van der Waals surface area contributed by atoms with Crippen LogP contribution in [0.1, 0.15) is 5.69 Å². The molecule has 6 heteroatoms. The molecule has 0 amide bonds. The molecule has 0 saturated carbocycles. The highest BCUT2D eigenvalue weighted by atomic mass is 16.5. The molecule has 6 nitrogen and oxygen atoms in total. The Balaban J connectivity index is 2.24. The number of hydrogen-bond acceptors (Lipinski definition) is 6. The van der Waals surface area contributed by atoms with Gasteiger partial charge in [-0.1, -0.05) is 0 Å². The van der Waals surface area contributed by atoms with Gasteiger partial charge >= 0.3 is 0 Å². The van der Waals surface area contributed by atoms with Gasteiger partial charge in [0.05, 0.1) is 20.3 Å². The SMILES string of the molecule is COc1cc(C)nc(NCCOCCN(C)C)n1. The zero-order valence-corrected chi connectivity index (χ0v) is 11.6. The Hall–Kier alpha value is -1.40. The Kier molecular flexibility index (Phi) is 6.38. The molecule has 0 fully saturated rings. The Labute approximate surface area is 108 Å². The normalized spacial score (nSPS) is 10.7. The molecule has 0 atom stereocenters. The van der Waals surface area contributed by atoms with Crippen LogP contribution >= 0.6 is 0 Å². The van der Waals surface area contributed by atoms with Crippen LogP contribution < -0.4 is 10.1 Å². The maximum Gasteiger partial charge on any atom is 0.226 e. The molecule has 0 spiro atoms. The van der Waals surface area contributed by atoms with E-state index in [0.29, 0.717) is 25.0 Å². The van der Waals surface area contributed by atoms with Crippen molar-refractivity contribution in [2.75, 3.05) is 52.8 Å². The average molecular weight is 254 g/mol. The summed E-state index contributed by atoms with van der Waals surface area (Å²) in [6, 6.07) is 1.79. The second-order valence-electron chi connectivity index (χ2n) is 4.22. The second kappa shape index (κ2) is 7.84. The summed E-state index contributed by atoms with van der Waals surface area (Å²) in [5.41, 5.74) is 0.873. The summed E-state index contributed by atoms with van der Waals surface area (Å²) in [7, 11) is 5.64. The van der Waals surface area contributed by atoms with E-state index < -0.39 is 0 Å². The predicted octanol–water partition coefficient (Wildman–Crippen LogP) is 0.784. The standard InChI is InChI=1S/C12H22N4O2/c1-10-9-11(17-4)15-12(14-10)13-5-7-18-8-6-16(2)3/h9H,5-8H2,1-4H3,(H,13,14,15). The van der Waals surface area contributed by atoms with E-state index >= 15 is 0 Å². The minimum Gasteiger partial charge on any atom is -0.481 e. The monoisotopic (exact) mass is 254 g/mol. The molecule has 1 heterocycles. The number of ether oxygens (including phenoxy) is 2. The lowest BCUT2D eigenvalue weighted by atomic mass is 10.4. The number of likely N-dealkylation sites (N-methyl/N-ethyl adjacent to an activating group) is 1. The van der Waals surface area contributed by atoms with Crippen molar-refractivity contribution in [3.8, 4) is 5.88 Å². The fraction of sp³-hybridized carbons (Fsp3) is 0.667. The Morgan fingerprint density at radius 2 is 2.06 bits per heavy atom. The van der Waals surface area contributed by atoms with Crippen molar-refractivity contribution in [2.24, 2.45) is 0 Å². The third-order valence-electron chi connectivity index (χ3n) is 2.25. The Morgan fingerprint density at radius 3 is 2.72 bits per heavy atom. The molecule has 1 rings (SSSR count). The Morgan fingerprint density at radius 1 is 1.28 bits per heavy atom. The Bertz CT molecular complexity index is 358. The van der Waals surface area contributed by atoms with Crippen LogP contribution in [0.25, 0.3) is 0 Å². The van der Waals surface area contributed by atoms with Gasteiger partial charge in [-0.2, -0.15) is 4.98 Å². The topological polar surface area (TPSA) is 59.5 Å². The summed E-state index contributed by atoms with van der Waals surface area (Å²) in [4.78, 5) is 10.5. The lowest BCUT2D eigenvalue weighted by molar-refractivity contribution is 0.126. The molecule has 0 saturated heterocycles. The number of methoxy groups -OCH3 is 1. The van der Waals surface area contributed by atoms with Crippen LogP contribution in [0, 0.1) is 6.92 Å². The van der Waals surface area contributed by atoms with Crippen LogP contribution in [0.3, 0.4) is 0 Å². The van der Waals surface area contributed by atoms with Gasteiger partial charge in [-0.3, -0.25) is 0 Å². The van der Waals surface area contributed by atoms with Crippen LogP contribution in [0.5, 0.6) is 5.88 Å². The van der Waals surface area contributed by atoms with Crippen LogP contribution in [-0.4, -0.2) is 62.4 Å². The third kappa shape index (κ3) is 5.79. The number of rotatable bonds is 8. The van der Waals surface area contributed by atoms with Crippen molar-refractivity contribution in [1.29, 1.82) is 0 Å². The van der Waals surface area contributed by atoms with Gasteiger partial charge in [0.2, 0.25) is 11.8 Å². The van der Waals surface area contributed by atoms with E-state index in [-0.39, 0.29) is 0 Å². The number of nitrogens with one attached hydrogen (secondary N) is 1. The minimum absolute atomic E-state index is 0.568. The lowest BCUT2D eigenvalue weighted by Crippen LogP contribution is -2.20. The summed E-state index contributed by atoms with van der Waals surface area (Å²) < 4.78 is 10.5. The molecule has 0 aromatic carbocycles. The average Bonchev–Trinajstić information content (AvgIpc) is 2.32. The second-order valence-corrected chi connectivity index (χ2v) is 4.22. The number of nitrogens with zero attached hydrogens (tertiary/aromatic N) is 3. The molecule has 0 aliphatic rings. The number of aryl methyl sites for hydroxylation is 1. The zero-order valence-electron chi connectivity index (χ0n) is 11.6. The molecule has 0 aliphatic carbocycles. The van der Waals surface area contributed by atoms with Crippen molar-refractivity contribution in [2.45, 2.75) is 6.92 Å². The molecule has 1 aromatic rings. The third-order valence-corrected chi connectivity index (χ3v) is 2.25. The van der Waals surface area contributed by atoms with E-state index in [4.69, 9.17) is 9.47 Å². The summed E-state index contributed by atoms with van der Waals surface area (Å²) in [6.07, 6.45) is 0. The van der Waals surface area contributed by atoms with Gasteiger partial charge < -0.3 is 19.7 Å². The number of aromatic nitrogens is 2. The highest BCUT2D eigenvalue weighted by Gasteiger charge is 2.01. The largest absolute Gasteiger partial charge is 0.481 e. The summed E-state index contributed by atoms with van der Waals surface area (Å²) >= 11 is 0. The first-order valence-electron chi connectivity index (χ1n) is 5.98. The van der Waals surface area contributed by atoms with Crippen molar-refractivity contribution in [1.82, 2.24) is 14.9 Å². The molecule has 102 valence electrons. The van der Waals surface area contributed by atoms with E-state index in [1.165, 1.54) is 0 Å². The summed E-state index contributed by atoms with van der Waals surface area (Å²) in [5.74, 6) is 1.14. The van der Waals surface area contributed by atoms with E-state index in [0.717, 1.165) is 18.8 Å². The van der Waals surface area contributed by atoms with Gasteiger partial charge in [-0.05, 0) is 21.0 Å². The van der Waals surface area contributed by atoms with E-state index in [1.54, 1.807) is 13.2 Å². The molecule has 18 heavy (non-hydrogen) atoms. The van der Waals surface area contributed by atoms with Crippen molar-refractivity contribution in [3.63, 3.8) is 0 Å². The first kappa shape index (κ1) is 14.7. The molecular formula is C12H22N4O2. The van der Waals surface area contributed by atoms with Gasteiger partial charge in [0.25, 0.3) is 0 Å². The van der Waals surface area contributed by atoms with Gasteiger partial charge in [-0.15, -0.1) is 0 Å². The smallest absolute Gasteiger partial charge is 0.226 e. The highest BCUT2D eigenvalue weighted by molar-refractivity contribution is 5.30. The summed E-state index contributed by atoms with van der Waals surface area (Å²) in [6.45, 7) is 4.87. The van der Waals surface area contributed by atoms with E-state index in [1.807, 2.05) is 21.0 Å². The molecule has 0 radical (unpaired) electrons. The predicted molar refractivity (Wildman–Crippen MR) is 71.2 cm³/mol. The fourth-order valence-electron chi connectivity index (χ4n) is 1.31. The fourth-order valence-corrected chi connectivity index (χ4v) is 1.31. The van der Waals surface area contributed by atoms with Gasteiger partial charge in [0.15, 0.2) is 0 Å². The van der Waals surface area contributed by atoms with E-state index in [9.17, 15) is 0 Å². The molecule has 0 unspecified atom stereocenters. The molecule has 1 aromatic heterocycles. The summed E-state index contributed by atoms with van der Waals surface area (Å²) in [5, 5.41) is 3.11. The maximum absolute atomic E-state index is 5.46. The van der Waals surface area contributed by atoms with Crippen molar-refractivity contribution >= 4 is 5.95 Å². The van der Waals surface area contributed by atoms with Crippen LogP contribution in [0.15, 0.2) is 6.07 Å². The lowest BCUT2D eigenvalue weighted by Gasteiger charge is -2.10. The van der Waals surface area contributed by atoms with Gasteiger partial charge in [0.1, 0.15) is 0 Å². The van der Waals surface area contributed by atoms with Gasteiger partial charge in [-0.25, -0.2) is 4.98 Å². The number of hydrogen-bond donors (Lipinski definition) is 1. The van der Waals surface area contributed by atoms with E-state index in [2.05, 4.69) is 20.2 Å². The van der Waals surface area contributed by atoms with Crippen LogP contribution in [0.2, 0.25) is 0 Å². The van der Waals surface area contributed by atoms with Crippen molar-refractivity contribution < 1.29 is 9.47 Å². The van der Waals surface area contributed by atoms with Crippen LogP contribution in [0.4, 0.5) is 5.95 Å². The molecule has 1 N–H and O–H groups in total. The number of anilines is 1. The minimum atomic E-state index is 0.568. The van der Waals surface area contributed by atoms with Gasteiger partial charge in [0, 0.05) is 24.8 Å². The van der Waals surface area contributed by atoms with Crippen molar-refractivity contribution in [3.05, 3.63) is 11.8 Å². The highest BCUT2D eigenvalue weighted by Crippen LogP contribution is 2.10. The quantitative estimate of drug-likeness (QED) is 0.692. The molecule has 0 aliphatic heterocycles. The molecule has 0 bridgehead atoms. The first-order chi connectivity index (χ1) is 8.61. The molecular weight excluding hydrogens is 232 g/mol. The maximum atomic E-state index is 5.46. The first-order valence-corrected chi connectivity index (χ1v) is 5.98.